The average Bonchev–Trinajstić information content (AvgIpc) is 3.14. The van der Waals surface area contributed by atoms with Crippen molar-refractivity contribution in [2.24, 2.45) is 5.92 Å². The summed E-state index contributed by atoms with van der Waals surface area (Å²) in [4.78, 5) is 14.3. The van der Waals surface area contributed by atoms with Gasteiger partial charge in [-0.2, -0.15) is 17.7 Å². The number of rotatable bonds is 3. The molecule has 0 aliphatic carbocycles. The second kappa shape index (κ2) is 7.71. The first-order valence-corrected chi connectivity index (χ1v) is 9.40. The first-order chi connectivity index (χ1) is 14.2. The molecule has 3 heterocycles. The highest BCUT2D eigenvalue weighted by Crippen LogP contribution is 2.29. The SMILES string of the molecule is O=C(Nc1ccc(F)cc1Cl)C1CCN(c2ccc3nnc(C(F)(F)F)n3n2)CC1. The van der Waals surface area contributed by atoms with Crippen LogP contribution in [-0.2, 0) is 11.0 Å². The van der Waals surface area contributed by atoms with E-state index in [0.717, 1.165) is 6.07 Å². The Morgan fingerprint density at radius 1 is 1.13 bits per heavy atom. The van der Waals surface area contributed by atoms with Crippen molar-refractivity contribution in [3.8, 4) is 0 Å². The minimum atomic E-state index is -4.67. The fourth-order valence-electron chi connectivity index (χ4n) is 3.32. The lowest BCUT2D eigenvalue weighted by Gasteiger charge is -2.32. The summed E-state index contributed by atoms with van der Waals surface area (Å²) >= 11 is 5.94. The van der Waals surface area contributed by atoms with Crippen LogP contribution in [0.3, 0.4) is 0 Å². The summed E-state index contributed by atoms with van der Waals surface area (Å²) in [6, 6.07) is 6.69. The van der Waals surface area contributed by atoms with Crippen LogP contribution in [0.25, 0.3) is 5.65 Å². The van der Waals surface area contributed by atoms with Gasteiger partial charge in [0.15, 0.2) is 5.65 Å². The van der Waals surface area contributed by atoms with Gasteiger partial charge in [0.05, 0.1) is 10.7 Å². The molecule has 1 fully saturated rings. The number of nitrogens with zero attached hydrogens (tertiary/aromatic N) is 5. The number of piperidine rings is 1. The topological polar surface area (TPSA) is 75.4 Å². The van der Waals surface area contributed by atoms with Gasteiger partial charge in [0.2, 0.25) is 5.91 Å². The first-order valence-electron chi connectivity index (χ1n) is 9.03. The predicted octanol–water partition coefficient (Wildman–Crippen LogP) is 3.79. The average molecular weight is 443 g/mol. The Hall–Kier alpha value is -2.95. The van der Waals surface area contributed by atoms with Crippen LogP contribution >= 0.6 is 11.6 Å². The summed E-state index contributed by atoms with van der Waals surface area (Å²) in [7, 11) is 0. The van der Waals surface area contributed by atoms with Gasteiger partial charge < -0.3 is 10.2 Å². The highest BCUT2D eigenvalue weighted by atomic mass is 35.5. The summed E-state index contributed by atoms with van der Waals surface area (Å²) in [5, 5.41) is 13.5. The fraction of sp³-hybridized carbons (Fsp3) is 0.333. The van der Waals surface area contributed by atoms with Crippen molar-refractivity contribution in [1.29, 1.82) is 0 Å². The van der Waals surface area contributed by atoms with Gasteiger partial charge in [0, 0.05) is 19.0 Å². The van der Waals surface area contributed by atoms with Gasteiger partial charge in [-0.1, -0.05) is 11.6 Å². The standard InChI is InChI=1S/C18H15ClF4N6O/c19-12-9-11(20)1-2-13(12)24-16(30)10-5-7-28(8-6-10)15-4-3-14-25-26-17(18(21,22)23)29(14)27-15/h1-4,9-10H,5-8H2,(H,24,30). The van der Waals surface area contributed by atoms with Crippen molar-refractivity contribution in [3.63, 3.8) is 0 Å². The van der Waals surface area contributed by atoms with E-state index in [1.165, 1.54) is 18.2 Å². The van der Waals surface area contributed by atoms with E-state index < -0.39 is 17.8 Å². The zero-order chi connectivity index (χ0) is 21.5. The van der Waals surface area contributed by atoms with Crippen LogP contribution in [0.2, 0.25) is 5.02 Å². The molecule has 0 bridgehead atoms. The molecule has 158 valence electrons. The molecule has 1 amide bonds. The lowest BCUT2D eigenvalue weighted by molar-refractivity contribution is -0.146. The molecule has 1 aromatic carbocycles. The Labute approximate surface area is 172 Å². The molecular formula is C18H15ClF4N6O. The van der Waals surface area contributed by atoms with E-state index in [4.69, 9.17) is 11.6 Å². The third-order valence-corrected chi connectivity index (χ3v) is 5.19. The van der Waals surface area contributed by atoms with Crippen LogP contribution in [0.15, 0.2) is 30.3 Å². The Bertz CT molecular complexity index is 1090. The number of aromatic nitrogens is 4. The number of benzene rings is 1. The molecule has 4 rings (SSSR count). The highest BCUT2D eigenvalue weighted by Gasteiger charge is 2.38. The minimum absolute atomic E-state index is 0.00323. The summed E-state index contributed by atoms with van der Waals surface area (Å²) in [5.74, 6) is -1.91. The van der Waals surface area contributed by atoms with E-state index >= 15 is 0 Å². The third kappa shape index (κ3) is 4.02. The lowest BCUT2D eigenvalue weighted by atomic mass is 9.96. The van der Waals surface area contributed by atoms with E-state index in [1.807, 2.05) is 0 Å². The largest absolute Gasteiger partial charge is 0.453 e. The number of fused-ring (bicyclic) bond motifs is 1. The number of hydrogen-bond donors (Lipinski definition) is 1. The monoisotopic (exact) mass is 442 g/mol. The Kier molecular flexibility index (Phi) is 5.22. The molecule has 1 aliphatic heterocycles. The maximum atomic E-state index is 13.1. The number of halogens is 5. The molecule has 1 aliphatic rings. The van der Waals surface area contributed by atoms with Crippen LogP contribution in [0.4, 0.5) is 29.1 Å². The van der Waals surface area contributed by atoms with Crippen LogP contribution in [0.1, 0.15) is 18.7 Å². The second-order valence-electron chi connectivity index (χ2n) is 6.86. The van der Waals surface area contributed by atoms with E-state index in [1.54, 1.807) is 11.0 Å². The summed E-state index contributed by atoms with van der Waals surface area (Å²) in [6.07, 6.45) is -3.73. The highest BCUT2D eigenvalue weighted by molar-refractivity contribution is 6.33. The van der Waals surface area contributed by atoms with Gasteiger partial charge in [-0.15, -0.1) is 15.3 Å². The predicted molar refractivity (Wildman–Crippen MR) is 101 cm³/mol. The van der Waals surface area contributed by atoms with E-state index in [9.17, 15) is 22.4 Å². The number of hydrogen-bond acceptors (Lipinski definition) is 5. The molecule has 0 radical (unpaired) electrons. The number of nitrogens with one attached hydrogen (secondary N) is 1. The van der Waals surface area contributed by atoms with Crippen molar-refractivity contribution < 1.29 is 22.4 Å². The molecule has 2 aromatic heterocycles. The normalized spacial score (nSPS) is 15.6. The van der Waals surface area contributed by atoms with Gasteiger partial charge in [0.1, 0.15) is 11.6 Å². The van der Waals surface area contributed by atoms with Crippen LogP contribution in [-0.4, -0.2) is 38.8 Å². The Morgan fingerprint density at radius 3 is 2.53 bits per heavy atom. The molecule has 0 atom stereocenters. The van der Waals surface area contributed by atoms with Gasteiger partial charge in [0.25, 0.3) is 5.82 Å². The number of carbonyl (C=O) groups excluding carboxylic acids is 1. The van der Waals surface area contributed by atoms with E-state index in [-0.39, 0.29) is 22.5 Å². The molecule has 1 N–H and O–H groups in total. The molecule has 12 heteroatoms. The van der Waals surface area contributed by atoms with E-state index in [2.05, 4.69) is 20.6 Å². The zero-order valence-corrected chi connectivity index (χ0v) is 16.1. The fourth-order valence-corrected chi connectivity index (χ4v) is 3.54. The van der Waals surface area contributed by atoms with Gasteiger partial charge >= 0.3 is 6.18 Å². The quantitative estimate of drug-likeness (QED) is 0.625. The maximum Gasteiger partial charge on any atom is 0.453 e. The maximum absolute atomic E-state index is 13.1. The number of amides is 1. The van der Waals surface area contributed by atoms with Crippen LogP contribution in [0, 0.1) is 11.7 Å². The molecule has 0 saturated carbocycles. The van der Waals surface area contributed by atoms with Gasteiger partial charge in [-0.05, 0) is 43.2 Å². The van der Waals surface area contributed by atoms with Crippen molar-refractivity contribution >= 4 is 34.7 Å². The first kappa shape index (κ1) is 20.3. The smallest absolute Gasteiger partial charge is 0.355 e. The lowest BCUT2D eigenvalue weighted by Crippen LogP contribution is -2.38. The van der Waals surface area contributed by atoms with Crippen LogP contribution in [0.5, 0.6) is 0 Å². The summed E-state index contributed by atoms with van der Waals surface area (Å²) in [5.41, 5.74) is 0.321. The van der Waals surface area contributed by atoms with Crippen molar-refractivity contribution in [1.82, 2.24) is 19.8 Å². The molecule has 30 heavy (non-hydrogen) atoms. The second-order valence-corrected chi connectivity index (χ2v) is 7.26. The Morgan fingerprint density at radius 2 is 1.87 bits per heavy atom. The van der Waals surface area contributed by atoms with Crippen molar-refractivity contribution in [3.05, 3.63) is 47.0 Å². The molecule has 0 unspecified atom stereocenters. The third-order valence-electron chi connectivity index (χ3n) is 4.88. The van der Waals surface area contributed by atoms with E-state index in [0.29, 0.717) is 42.0 Å². The molecular weight excluding hydrogens is 428 g/mol. The molecule has 7 nitrogen and oxygen atoms in total. The van der Waals surface area contributed by atoms with Gasteiger partial charge in [-0.25, -0.2) is 4.39 Å². The van der Waals surface area contributed by atoms with Gasteiger partial charge in [-0.3, -0.25) is 4.79 Å². The molecule has 1 saturated heterocycles. The summed E-state index contributed by atoms with van der Waals surface area (Å²) < 4.78 is 52.9. The molecule has 3 aromatic rings. The van der Waals surface area contributed by atoms with Crippen LogP contribution < -0.4 is 10.2 Å². The summed E-state index contributed by atoms with van der Waals surface area (Å²) in [6.45, 7) is 0.856. The number of carbonyl (C=O) groups is 1. The minimum Gasteiger partial charge on any atom is -0.355 e. The van der Waals surface area contributed by atoms with Crippen molar-refractivity contribution in [2.45, 2.75) is 19.0 Å². The Balaban J connectivity index is 1.43. The number of alkyl halides is 3. The molecule has 0 spiro atoms. The number of anilines is 2. The zero-order valence-electron chi connectivity index (χ0n) is 15.3. The van der Waals surface area contributed by atoms with Crippen molar-refractivity contribution in [2.75, 3.05) is 23.3 Å².